The van der Waals surface area contributed by atoms with Gasteiger partial charge in [0.2, 0.25) is 11.7 Å². The molecule has 2 aromatic carbocycles. The highest BCUT2D eigenvalue weighted by Crippen LogP contribution is 2.18. The van der Waals surface area contributed by atoms with Gasteiger partial charge in [0.15, 0.2) is 6.61 Å². The third kappa shape index (κ3) is 5.29. The SMILES string of the molecule is CCN(Cc1nc(-c2cccc(C)c2)no1)C(=O)COc1ccc(I)cc1. The van der Waals surface area contributed by atoms with E-state index in [1.165, 1.54) is 0 Å². The Balaban J connectivity index is 1.61. The first kappa shape index (κ1) is 19.3. The van der Waals surface area contributed by atoms with E-state index in [-0.39, 0.29) is 19.1 Å². The van der Waals surface area contributed by atoms with Gasteiger partial charge in [0, 0.05) is 15.7 Å². The minimum Gasteiger partial charge on any atom is -0.484 e. The number of aromatic nitrogens is 2. The summed E-state index contributed by atoms with van der Waals surface area (Å²) in [6.07, 6.45) is 0. The fourth-order valence-electron chi connectivity index (χ4n) is 2.53. The molecular formula is C20H20IN3O3. The molecular weight excluding hydrogens is 457 g/mol. The highest BCUT2D eigenvalue weighted by atomic mass is 127. The Morgan fingerprint density at radius 3 is 2.70 bits per heavy atom. The smallest absolute Gasteiger partial charge is 0.260 e. The van der Waals surface area contributed by atoms with Crippen LogP contribution in [0, 0.1) is 10.5 Å². The van der Waals surface area contributed by atoms with Gasteiger partial charge < -0.3 is 14.2 Å². The predicted molar refractivity (Wildman–Crippen MR) is 110 cm³/mol. The molecule has 0 N–H and O–H groups in total. The van der Waals surface area contributed by atoms with E-state index >= 15 is 0 Å². The summed E-state index contributed by atoms with van der Waals surface area (Å²) < 4.78 is 12.0. The van der Waals surface area contributed by atoms with Gasteiger partial charge >= 0.3 is 0 Å². The van der Waals surface area contributed by atoms with Gasteiger partial charge in [-0.1, -0.05) is 28.9 Å². The molecule has 1 amide bonds. The van der Waals surface area contributed by atoms with Crippen LogP contribution in [-0.2, 0) is 11.3 Å². The van der Waals surface area contributed by atoms with Crippen molar-refractivity contribution in [1.82, 2.24) is 15.0 Å². The lowest BCUT2D eigenvalue weighted by molar-refractivity contribution is -0.134. The van der Waals surface area contributed by atoms with Crippen molar-refractivity contribution in [1.29, 1.82) is 0 Å². The van der Waals surface area contributed by atoms with Gasteiger partial charge in [0.1, 0.15) is 12.3 Å². The van der Waals surface area contributed by atoms with Gasteiger partial charge in [0.25, 0.3) is 5.91 Å². The molecule has 3 rings (SSSR count). The van der Waals surface area contributed by atoms with E-state index in [1.54, 1.807) is 4.90 Å². The zero-order valence-corrected chi connectivity index (χ0v) is 17.3. The maximum absolute atomic E-state index is 12.4. The molecule has 27 heavy (non-hydrogen) atoms. The molecule has 0 atom stereocenters. The Bertz CT molecular complexity index is 909. The van der Waals surface area contributed by atoms with Crippen molar-refractivity contribution in [2.24, 2.45) is 0 Å². The average molecular weight is 477 g/mol. The number of amides is 1. The standard InChI is InChI=1S/C20H20IN3O3/c1-3-24(19(25)13-26-17-9-7-16(21)8-10-17)12-18-22-20(23-27-18)15-6-4-5-14(2)11-15/h4-11H,3,12-13H2,1-2H3. The molecule has 0 aliphatic carbocycles. The molecule has 0 radical (unpaired) electrons. The fourth-order valence-corrected chi connectivity index (χ4v) is 2.89. The lowest BCUT2D eigenvalue weighted by Gasteiger charge is -2.18. The highest BCUT2D eigenvalue weighted by Gasteiger charge is 2.17. The van der Waals surface area contributed by atoms with Crippen molar-refractivity contribution in [3.05, 3.63) is 63.6 Å². The quantitative estimate of drug-likeness (QED) is 0.480. The number of aryl methyl sites for hydroxylation is 1. The number of hydrogen-bond donors (Lipinski definition) is 0. The molecule has 7 heteroatoms. The van der Waals surface area contributed by atoms with Crippen LogP contribution in [-0.4, -0.2) is 34.1 Å². The summed E-state index contributed by atoms with van der Waals surface area (Å²) in [7, 11) is 0. The molecule has 1 heterocycles. The Kier molecular flexibility index (Phi) is 6.44. The second-order valence-corrected chi connectivity index (χ2v) is 7.28. The summed E-state index contributed by atoms with van der Waals surface area (Å²) in [5.41, 5.74) is 2.01. The average Bonchev–Trinajstić information content (AvgIpc) is 3.14. The van der Waals surface area contributed by atoms with Crippen molar-refractivity contribution in [3.8, 4) is 17.1 Å². The van der Waals surface area contributed by atoms with Crippen molar-refractivity contribution < 1.29 is 14.1 Å². The molecule has 0 spiro atoms. The van der Waals surface area contributed by atoms with E-state index in [4.69, 9.17) is 9.26 Å². The Labute approximate surface area is 171 Å². The molecule has 1 aromatic heterocycles. The maximum Gasteiger partial charge on any atom is 0.260 e. The number of likely N-dealkylation sites (N-methyl/N-ethyl adjacent to an activating group) is 1. The van der Waals surface area contributed by atoms with Crippen LogP contribution in [0.2, 0.25) is 0 Å². The van der Waals surface area contributed by atoms with Gasteiger partial charge in [-0.05, 0) is 66.8 Å². The van der Waals surface area contributed by atoms with Crippen LogP contribution in [0.3, 0.4) is 0 Å². The third-order valence-electron chi connectivity index (χ3n) is 3.98. The van der Waals surface area contributed by atoms with Crippen molar-refractivity contribution in [3.63, 3.8) is 0 Å². The van der Waals surface area contributed by atoms with Gasteiger partial charge in [-0.15, -0.1) is 0 Å². The van der Waals surface area contributed by atoms with E-state index in [0.717, 1.165) is 14.7 Å². The Morgan fingerprint density at radius 2 is 2.00 bits per heavy atom. The van der Waals surface area contributed by atoms with Gasteiger partial charge in [-0.25, -0.2) is 0 Å². The van der Waals surface area contributed by atoms with Crippen LogP contribution in [0.5, 0.6) is 5.75 Å². The number of ether oxygens (including phenoxy) is 1. The van der Waals surface area contributed by atoms with E-state index in [2.05, 4.69) is 32.7 Å². The molecule has 0 saturated heterocycles. The number of carbonyl (C=O) groups excluding carboxylic acids is 1. The third-order valence-corrected chi connectivity index (χ3v) is 4.70. The lowest BCUT2D eigenvalue weighted by atomic mass is 10.1. The molecule has 0 saturated carbocycles. The van der Waals surface area contributed by atoms with Crippen LogP contribution in [0.1, 0.15) is 18.4 Å². The van der Waals surface area contributed by atoms with Gasteiger partial charge in [-0.3, -0.25) is 4.79 Å². The number of benzene rings is 2. The largest absolute Gasteiger partial charge is 0.484 e. The zero-order valence-electron chi connectivity index (χ0n) is 15.2. The van der Waals surface area contributed by atoms with Gasteiger partial charge in [0.05, 0.1) is 0 Å². The topological polar surface area (TPSA) is 68.5 Å². The number of rotatable bonds is 7. The predicted octanol–water partition coefficient (Wildman–Crippen LogP) is 4.08. The van der Waals surface area contributed by atoms with Crippen LogP contribution >= 0.6 is 22.6 Å². The molecule has 0 unspecified atom stereocenters. The van der Waals surface area contributed by atoms with E-state index in [0.29, 0.717) is 24.0 Å². The normalized spacial score (nSPS) is 10.6. The number of hydrogen-bond acceptors (Lipinski definition) is 5. The zero-order chi connectivity index (χ0) is 19.2. The van der Waals surface area contributed by atoms with Crippen molar-refractivity contribution in [2.45, 2.75) is 20.4 Å². The first-order chi connectivity index (χ1) is 13.0. The summed E-state index contributed by atoms with van der Waals surface area (Å²) in [6, 6.07) is 15.4. The van der Waals surface area contributed by atoms with Crippen LogP contribution < -0.4 is 4.74 Å². The minimum atomic E-state index is -0.133. The summed E-state index contributed by atoms with van der Waals surface area (Å²) in [6.45, 7) is 4.66. The number of halogens is 1. The first-order valence-corrected chi connectivity index (χ1v) is 9.69. The maximum atomic E-state index is 12.4. The van der Waals surface area contributed by atoms with Crippen LogP contribution in [0.4, 0.5) is 0 Å². The number of nitrogens with zero attached hydrogens (tertiary/aromatic N) is 3. The molecule has 0 aliphatic heterocycles. The summed E-state index contributed by atoms with van der Waals surface area (Å²) >= 11 is 2.22. The van der Waals surface area contributed by atoms with E-state index < -0.39 is 0 Å². The molecule has 3 aromatic rings. The second kappa shape index (κ2) is 8.98. The second-order valence-electron chi connectivity index (χ2n) is 6.03. The van der Waals surface area contributed by atoms with Crippen molar-refractivity contribution in [2.75, 3.05) is 13.2 Å². The monoisotopic (exact) mass is 477 g/mol. The fraction of sp³-hybridized carbons (Fsp3) is 0.250. The molecule has 6 nitrogen and oxygen atoms in total. The molecule has 0 bridgehead atoms. The number of carbonyl (C=O) groups is 1. The van der Waals surface area contributed by atoms with E-state index in [9.17, 15) is 4.79 Å². The Hall–Kier alpha value is -2.42. The van der Waals surface area contributed by atoms with E-state index in [1.807, 2.05) is 62.4 Å². The summed E-state index contributed by atoms with van der Waals surface area (Å²) in [5, 5.41) is 4.02. The summed E-state index contributed by atoms with van der Waals surface area (Å²) in [5.74, 6) is 1.45. The Morgan fingerprint density at radius 1 is 1.22 bits per heavy atom. The minimum absolute atomic E-state index is 0.0344. The van der Waals surface area contributed by atoms with Crippen LogP contribution in [0.25, 0.3) is 11.4 Å². The molecule has 0 fully saturated rings. The van der Waals surface area contributed by atoms with Gasteiger partial charge in [-0.2, -0.15) is 4.98 Å². The molecule has 0 aliphatic rings. The lowest BCUT2D eigenvalue weighted by Crippen LogP contribution is -2.34. The highest BCUT2D eigenvalue weighted by molar-refractivity contribution is 14.1. The van der Waals surface area contributed by atoms with Crippen molar-refractivity contribution >= 4 is 28.5 Å². The van der Waals surface area contributed by atoms with Crippen LogP contribution in [0.15, 0.2) is 53.1 Å². The summed E-state index contributed by atoms with van der Waals surface area (Å²) in [4.78, 5) is 18.5. The first-order valence-electron chi connectivity index (χ1n) is 8.61. The molecule has 140 valence electrons.